The normalized spacial score (nSPS) is 18.3. The molecule has 1 aliphatic carbocycles. The molecule has 4 rings (SSSR count). The molecule has 1 aliphatic heterocycles. The van der Waals surface area contributed by atoms with Crippen molar-refractivity contribution in [2.24, 2.45) is 5.92 Å². The van der Waals surface area contributed by atoms with Crippen molar-refractivity contribution in [3.8, 4) is 0 Å². The average Bonchev–Trinajstić information content (AvgIpc) is 3.28. The van der Waals surface area contributed by atoms with E-state index in [0.29, 0.717) is 5.56 Å². The molecular formula is C21H26FN3O2. The van der Waals surface area contributed by atoms with Gasteiger partial charge in [-0.1, -0.05) is 25.0 Å². The number of carbonyl (C=O) groups is 1. The van der Waals surface area contributed by atoms with E-state index in [1.165, 1.54) is 44.4 Å². The van der Waals surface area contributed by atoms with Crippen LogP contribution < -0.4 is 5.32 Å². The maximum Gasteiger partial charge on any atom is 0.307 e. The van der Waals surface area contributed by atoms with E-state index in [9.17, 15) is 9.18 Å². The van der Waals surface area contributed by atoms with Crippen LogP contribution in [0.15, 0.2) is 28.7 Å². The van der Waals surface area contributed by atoms with E-state index < -0.39 is 0 Å². The minimum atomic E-state index is -0.352. The fourth-order valence-electron chi connectivity index (χ4n) is 4.15. The topological polar surface area (TPSA) is 58.4 Å². The third-order valence-corrected chi connectivity index (χ3v) is 5.63. The molecule has 5 nitrogen and oxygen atoms in total. The molecule has 1 aromatic heterocycles. The predicted octanol–water partition coefficient (Wildman–Crippen LogP) is 3.33. The van der Waals surface area contributed by atoms with Crippen molar-refractivity contribution in [3.63, 3.8) is 0 Å². The van der Waals surface area contributed by atoms with Crippen molar-refractivity contribution in [2.45, 2.75) is 45.1 Å². The molecule has 0 bridgehead atoms. The zero-order valence-corrected chi connectivity index (χ0v) is 15.5. The Labute approximate surface area is 159 Å². The lowest BCUT2D eigenvalue weighted by molar-refractivity contribution is 0.0913. The summed E-state index contributed by atoms with van der Waals surface area (Å²) >= 11 is 0. The first-order valence-corrected chi connectivity index (χ1v) is 9.91. The number of halogens is 1. The highest BCUT2D eigenvalue weighted by Crippen LogP contribution is 2.26. The van der Waals surface area contributed by atoms with E-state index >= 15 is 0 Å². The number of amides is 1. The lowest BCUT2D eigenvalue weighted by Crippen LogP contribution is -2.31. The van der Waals surface area contributed by atoms with Crippen LogP contribution >= 0.6 is 0 Å². The molecule has 1 N–H and O–H groups in total. The standard InChI is InChI=1S/C21H26FN3O2/c22-17-7-3-6-16(12-17)13-23-20(26)21-24-18-8-10-25(11-9-19(18)27-21)14-15-4-1-2-5-15/h3,6-7,12,15H,1-2,4-5,8-11,13-14H2,(H,23,26). The highest BCUT2D eigenvalue weighted by molar-refractivity contribution is 5.89. The fourth-order valence-corrected chi connectivity index (χ4v) is 4.15. The van der Waals surface area contributed by atoms with Crippen LogP contribution in [0.2, 0.25) is 0 Å². The molecule has 1 saturated carbocycles. The number of nitrogens with one attached hydrogen (secondary N) is 1. The van der Waals surface area contributed by atoms with Gasteiger partial charge >= 0.3 is 5.91 Å². The Balaban J connectivity index is 1.32. The summed E-state index contributed by atoms with van der Waals surface area (Å²) in [4.78, 5) is 19.3. The van der Waals surface area contributed by atoms with Gasteiger partial charge in [0.25, 0.3) is 5.89 Å². The summed E-state index contributed by atoms with van der Waals surface area (Å²) in [5.74, 6) is 1.12. The second-order valence-corrected chi connectivity index (χ2v) is 7.65. The highest BCUT2D eigenvalue weighted by atomic mass is 19.1. The number of hydrogen-bond donors (Lipinski definition) is 1. The zero-order chi connectivity index (χ0) is 18.6. The van der Waals surface area contributed by atoms with Crippen LogP contribution in [-0.2, 0) is 19.4 Å². The highest BCUT2D eigenvalue weighted by Gasteiger charge is 2.25. The molecule has 144 valence electrons. The van der Waals surface area contributed by atoms with Crippen LogP contribution in [0.4, 0.5) is 4.39 Å². The summed E-state index contributed by atoms with van der Waals surface area (Å²) in [5, 5.41) is 2.75. The van der Waals surface area contributed by atoms with Crippen molar-refractivity contribution in [2.75, 3.05) is 19.6 Å². The second-order valence-electron chi connectivity index (χ2n) is 7.65. The maximum atomic E-state index is 13.2. The van der Waals surface area contributed by atoms with Gasteiger partial charge in [0.1, 0.15) is 11.6 Å². The van der Waals surface area contributed by atoms with Crippen molar-refractivity contribution in [1.29, 1.82) is 0 Å². The number of carbonyl (C=O) groups excluding carboxylic acids is 1. The van der Waals surface area contributed by atoms with Gasteiger partial charge in [-0.2, -0.15) is 0 Å². The third kappa shape index (κ3) is 4.56. The van der Waals surface area contributed by atoms with Gasteiger partial charge in [-0.3, -0.25) is 4.79 Å². The molecule has 0 spiro atoms. The summed E-state index contributed by atoms with van der Waals surface area (Å²) < 4.78 is 19.0. The predicted molar refractivity (Wildman–Crippen MR) is 99.9 cm³/mol. The van der Waals surface area contributed by atoms with E-state index in [0.717, 1.165) is 43.3 Å². The Morgan fingerprint density at radius 2 is 2.07 bits per heavy atom. The van der Waals surface area contributed by atoms with Gasteiger partial charge in [-0.05, 0) is 36.5 Å². The third-order valence-electron chi connectivity index (χ3n) is 5.63. The summed E-state index contributed by atoms with van der Waals surface area (Å²) in [6.07, 6.45) is 7.07. The lowest BCUT2D eigenvalue weighted by Gasteiger charge is -2.23. The van der Waals surface area contributed by atoms with Gasteiger partial charge in [0, 0.05) is 39.0 Å². The Morgan fingerprint density at radius 3 is 2.89 bits per heavy atom. The quantitative estimate of drug-likeness (QED) is 0.876. The molecular weight excluding hydrogens is 345 g/mol. The summed E-state index contributed by atoms with van der Waals surface area (Å²) in [6, 6.07) is 6.19. The fraction of sp³-hybridized carbons (Fsp3) is 0.524. The number of fused-ring (bicyclic) bond motifs is 1. The Bertz CT molecular complexity index is 773. The maximum absolute atomic E-state index is 13.2. The number of rotatable bonds is 5. The van der Waals surface area contributed by atoms with E-state index in [1.807, 2.05) is 0 Å². The first-order valence-electron chi connectivity index (χ1n) is 9.91. The average molecular weight is 371 g/mol. The number of hydrogen-bond acceptors (Lipinski definition) is 4. The number of nitrogens with zero attached hydrogens (tertiary/aromatic N) is 2. The molecule has 0 radical (unpaired) electrons. The number of benzene rings is 1. The lowest BCUT2D eigenvalue weighted by atomic mass is 10.1. The van der Waals surface area contributed by atoms with Gasteiger partial charge in [-0.25, -0.2) is 9.37 Å². The molecule has 1 aromatic carbocycles. The van der Waals surface area contributed by atoms with E-state index in [4.69, 9.17) is 4.42 Å². The molecule has 1 fully saturated rings. The largest absolute Gasteiger partial charge is 0.437 e. The molecule has 2 aromatic rings. The minimum Gasteiger partial charge on any atom is -0.437 e. The van der Waals surface area contributed by atoms with Crippen LogP contribution in [0.5, 0.6) is 0 Å². The molecule has 2 heterocycles. The molecule has 0 atom stereocenters. The van der Waals surface area contributed by atoms with Crippen molar-refractivity contribution in [1.82, 2.24) is 15.2 Å². The Kier molecular flexibility index (Phi) is 5.53. The molecule has 27 heavy (non-hydrogen) atoms. The van der Waals surface area contributed by atoms with Crippen LogP contribution in [0.1, 0.15) is 53.4 Å². The molecule has 0 unspecified atom stereocenters. The van der Waals surface area contributed by atoms with Crippen LogP contribution in [0, 0.1) is 11.7 Å². The number of oxazole rings is 1. The van der Waals surface area contributed by atoms with Crippen molar-refractivity contribution in [3.05, 3.63) is 53.0 Å². The van der Waals surface area contributed by atoms with E-state index in [1.54, 1.807) is 12.1 Å². The van der Waals surface area contributed by atoms with Gasteiger partial charge in [-0.15, -0.1) is 0 Å². The Morgan fingerprint density at radius 1 is 1.26 bits per heavy atom. The smallest absolute Gasteiger partial charge is 0.307 e. The van der Waals surface area contributed by atoms with Crippen LogP contribution in [0.25, 0.3) is 0 Å². The van der Waals surface area contributed by atoms with Gasteiger partial charge in [0.2, 0.25) is 0 Å². The van der Waals surface area contributed by atoms with E-state index in [-0.39, 0.29) is 24.2 Å². The van der Waals surface area contributed by atoms with E-state index in [2.05, 4.69) is 15.2 Å². The van der Waals surface area contributed by atoms with Gasteiger partial charge in [0.05, 0.1) is 5.69 Å². The first kappa shape index (κ1) is 18.2. The van der Waals surface area contributed by atoms with Gasteiger partial charge in [0.15, 0.2) is 0 Å². The Hall–Kier alpha value is -2.21. The summed E-state index contributed by atoms with van der Waals surface area (Å²) in [5.41, 5.74) is 1.61. The molecule has 1 amide bonds. The van der Waals surface area contributed by atoms with Gasteiger partial charge < -0.3 is 14.6 Å². The van der Waals surface area contributed by atoms with Crippen molar-refractivity contribution < 1.29 is 13.6 Å². The summed E-state index contributed by atoms with van der Waals surface area (Å²) in [6.45, 7) is 3.35. The SMILES string of the molecule is O=C(NCc1cccc(F)c1)c1nc2c(o1)CCN(CC1CCCC1)CC2. The molecule has 2 aliphatic rings. The number of aromatic nitrogens is 1. The zero-order valence-electron chi connectivity index (χ0n) is 15.5. The summed E-state index contributed by atoms with van der Waals surface area (Å²) in [7, 11) is 0. The minimum absolute atomic E-state index is 0.112. The monoisotopic (exact) mass is 371 g/mol. The van der Waals surface area contributed by atoms with Crippen LogP contribution in [-0.4, -0.2) is 35.4 Å². The second kappa shape index (κ2) is 8.21. The van der Waals surface area contributed by atoms with Crippen LogP contribution in [0.3, 0.4) is 0 Å². The van der Waals surface area contributed by atoms with Crippen molar-refractivity contribution >= 4 is 5.91 Å². The molecule has 6 heteroatoms. The molecule has 0 saturated heterocycles. The first-order chi connectivity index (χ1) is 13.2.